The molecule has 0 aromatic carbocycles. The van der Waals surface area contributed by atoms with E-state index in [4.69, 9.17) is 5.73 Å². The average molecular weight is 219 g/mol. The standard InChI is InChI=1S/C13H21N3/c1-3-12-5-4-10(2)16(12)9-11-6-7-15-13(14)8-11/h6-8,10,12H,3-5,9H2,1-2H3,(H2,14,15). The Morgan fingerprint density at radius 1 is 1.50 bits per heavy atom. The topological polar surface area (TPSA) is 42.2 Å². The van der Waals surface area contributed by atoms with Gasteiger partial charge < -0.3 is 5.73 Å². The molecule has 0 aliphatic carbocycles. The molecule has 2 rings (SSSR count). The van der Waals surface area contributed by atoms with Crippen molar-refractivity contribution in [1.29, 1.82) is 0 Å². The number of aromatic nitrogens is 1. The van der Waals surface area contributed by atoms with E-state index in [0.717, 1.165) is 12.6 Å². The van der Waals surface area contributed by atoms with Crippen LogP contribution in [0.3, 0.4) is 0 Å². The van der Waals surface area contributed by atoms with Crippen molar-refractivity contribution in [2.24, 2.45) is 0 Å². The minimum absolute atomic E-state index is 0.623. The number of rotatable bonds is 3. The number of hydrogen-bond donors (Lipinski definition) is 1. The van der Waals surface area contributed by atoms with E-state index in [1.807, 2.05) is 6.07 Å². The fraction of sp³-hybridized carbons (Fsp3) is 0.615. The van der Waals surface area contributed by atoms with E-state index in [2.05, 4.69) is 29.8 Å². The molecule has 1 aliphatic rings. The van der Waals surface area contributed by atoms with Crippen LogP contribution in [-0.2, 0) is 6.54 Å². The first-order valence-electron chi connectivity index (χ1n) is 6.17. The molecule has 3 heteroatoms. The maximum atomic E-state index is 5.71. The van der Waals surface area contributed by atoms with Gasteiger partial charge in [-0.1, -0.05) is 6.92 Å². The zero-order valence-corrected chi connectivity index (χ0v) is 10.2. The lowest BCUT2D eigenvalue weighted by atomic mass is 10.1. The summed E-state index contributed by atoms with van der Waals surface area (Å²) in [6.45, 7) is 5.60. The van der Waals surface area contributed by atoms with Crippen LogP contribution in [0.1, 0.15) is 38.7 Å². The first-order chi connectivity index (χ1) is 7.70. The molecule has 88 valence electrons. The van der Waals surface area contributed by atoms with E-state index < -0.39 is 0 Å². The molecule has 1 fully saturated rings. The Balaban J connectivity index is 2.08. The van der Waals surface area contributed by atoms with Crippen molar-refractivity contribution < 1.29 is 0 Å². The van der Waals surface area contributed by atoms with Crippen LogP contribution in [0.2, 0.25) is 0 Å². The van der Waals surface area contributed by atoms with Gasteiger partial charge in [-0.05, 0) is 43.9 Å². The fourth-order valence-corrected chi connectivity index (χ4v) is 2.65. The second-order valence-electron chi connectivity index (χ2n) is 4.75. The van der Waals surface area contributed by atoms with Gasteiger partial charge in [0.1, 0.15) is 5.82 Å². The average Bonchev–Trinajstić information content (AvgIpc) is 2.60. The molecule has 2 N–H and O–H groups in total. The normalized spacial score (nSPS) is 26.1. The third-order valence-corrected chi connectivity index (χ3v) is 3.63. The molecule has 2 atom stereocenters. The summed E-state index contributed by atoms with van der Waals surface area (Å²) in [6.07, 6.45) is 5.69. The van der Waals surface area contributed by atoms with Gasteiger partial charge in [-0.15, -0.1) is 0 Å². The molecular weight excluding hydrogens is 198 g/mol. The Morgan fingerprint density at radius 3 is 3.00 bits per heavy atom. The minimum atomic E-state index is 0.623. The zero-order valence-electron chi connectivity index (χ0n) is 10.2. The summed E-state index contributed by atoms with van der Waals surface area (Å²) < 4.78 is 0. The molecule has 0 radical (unpaired) electrons. The maximum Gasteiger partial charge on any atom is 0.123 e. The monoisotopic (exact) mass is 219 g/mol. The summed E-state index contributed by atoms with van der Waals surface area (Å²) in [6, 6.07) is 5.48. The Hall–Kier alpha value is -1.09. The van der Waals surface area contributed by atoms with Crippen molar-refractivity contribution in [2.45, 2.75) is 51.7 Å². The van der Waals surface area contributed by atoms with Crippen LogP contribution < -0.4 is 5.73 Å². The maximum absolute atomic E-state index is 5.71. The van der Waals surface area contributed by atoms with Crippen LogP contribution in [-0.4, -0.2) is 22.0 Å². The molecule has 1 aromatic heterocycles. The summed E-state index contributed by atoms with van der Waals surface area (Å²) >= 11 is 0. The Labute approximate surface area is 97.7 Å². The van der Waals surface area contributed by atoms with E-state index in [9.17, 15) is 0 Å². The molecule has 16 heavy (non-hydrogen) atoms. The Bertz CT molecular complexity index is 351. The predicted octanol–water partition coefficient (Wildman–Crippen LogP) is 2.43. The zero-order chi connectivity index (χ0) is 11.5. The third-order valence-electron chi connectivity index (χ3n) is 3.63. The molecule has 0 amide bonds. The van der Waals surface area contributed by atoms with Crippen LogP contribution in [0.4, 0.5) is 5.82 Å². The fourth-order valence-electron chi connectivity index (χ4n) is 2.65. The first kappa shape index (κ1) is 11.4. The SMILES string of the molecule is CCC1CCC(C)N1Cc1ccnc(N)c1. The van der Waals surface area contributed by atoms with Crippen molar-refractivity contribution in [3.63, 3.8) is 0 Å². The molecule has 0 saturated carbocycles. The second kappa shape index (κ2) is 4.83. The molecule has 2 heterocycles. The molecule has 2 unspecified atom stereocenters. The number of nitrogens with zero attached hydrogens (tertiary/aromatic N) is 2. The van der Waals surface area contributed by atoms with E-state index in [1.165, 1.54) is 24.8 Å². The molecule has 1 aliphatic heterocycles. The van der Waals surface area contributed by atoms with Gasteiger partial charge in [-0.25, -0.2) is 4.98 Å². The number of anilines is 1. The molecule has 0 spiro atoms. The van der Waals surface area contributed by atoms with Crippen molar-refractivity contribution in [3.05, 3.63) is 23.9 Å². The summed E-state index contributed by atoms with van der Waals surface area (Å²) in [4.78, 5) is 6.62. The van der Waals surface area contributed by atoms with Crippen molar-refractivity contribution >= 4 is 5.82 Å². The molecular formula is C13H21N3. The third kappa shape index (κ3) is 2.35. The number of nitrogen functional groups attached to an aromatic ring is 1. The van der Waals surface area contributed by atoms with Gasteiger partial charge in [0.25, 0.3) is 0 Å². The van der Waals surface area contributed by atoms with Crippen molar-refractivity contribution in [2.75, 3.05) is 5.73 Å². The summed E-state index contributed by atoms with van der Waals surface area (Å²) in [7, 11) is 0. The number of pyridine rings is 1. The van der Waals surface area contributed by atoms with Gasteiger partial charge in [0.05, 0.1) is 0 Å². The van der Waals surface area contributed by atoms with Gasteiger partial charge in [-0.2, -0.15) is 0 Å². The highest BCUT2D eigenvalue weighted by Gasteiger charge is 2.28. The van der Waals surface area contributed by atoms with Crippen LogP contribution in [0.5, 0.6) is 0 Å². The highest BCUT2D eigenvalue weighted by Crippen LogP contribution is 2.27. The molecule has 0 bridgehead atoms. The highest BCUT2D eigenvalue weighted by molar-refractivity contribution is 5.31. The largest absolute Gasteiger partial charge is 0.384 e. The Kier molecular flexibility index (Phi) is 3.44. The lowest BCUT2D eigenvalue weighted by Gasteiger charge is -2.27. The summed E-state index contributed by atoms with van der Waals surface area (Å²) in [5, 5.41) is 0. The van der Waals surface area contributed by atoms with E-state index in [1.54, 1.807) is 6.20 Å². The lowest BCUT2D eigenvalue weighted by Crippen LogP contribution is -2.33. The first-order valence-corrected chi connectivity index (χ1v) is 6.17. The number of hydrogen-bond acceptors (Lipinski definition) is 3. The summed E-state index contributed by atoms with van der Waals surface area (Å²) in [5.41, 5.74) is 6.98. The van der Waals surface area contributed by atoms with E-state index in [0.29, 0.717) is 11.9 Å². The molecule has 1 aromatic rings. The van der Waals surface area contributed by atoms with Gasteiger partial charge >= 0.3 is 0 Å². The van der Waals surface area contributed by atoms with Crippen molar-refractivity contribution in [1.82, 2.24) is 9.88 Å². The number of likely N-dealkylation sites (tertiary alicyclic amines) is 1. The highest BCUT2D eigenvalue weighted by atomic mass is 15.2. The molecule has 1 saturated heterocycles. The second-order valence-corrected chi connectivity index (χ2v) is 4.75. The van der Waals surface area contributed by atoms with Gasteiger partial charge in [0.15, 0.2) is 0 Å². The smallest absolute Gasteiger partial charge is 0.123 e. The van der Waals surface area contributed by atoms with Crippen LogP contribution in [0, 0.1) is 0 Å². The predicted molar refractivity (Wildman–Crippen MR) is 67.0 cm³/mol. The van der Waals surface area contributed by atoms with Gasteiger partial charge in [-0.3, -0.25) is 4.90 Å². The number of nitrogens with two attached hydrogens (primary N) is 1. The van der Waals surface area contributed by atoms with Gasteiger partial charge in [0, 0.05) is 24.8 Å². The van der Waals surface area contributed by atoms with Gasteiger partial charge in [0.2, 0.25) is 0 Å². The van der Waals surface area contributed by atoms with E-state index >= 15 is 0 Å². The van der Waals surface area contributed by atoms with Crippen LogP contribution in [0.25, 0.3) is 0 Å². The van der Waals surface area contributed by atoms with E-state index in [-0.39, 0.29) is 0 Å². The van der Waals surface area contributed by atoms with Crippen molar-refractivity contribution in [3.8, 4) is 0 Å². The lowest BCUT2D eigenvalue weighted by molar-refractivity contribution is 0.189. The quantitative estimate of drug-likeness (QED) is 0.849. The Morgan fingerprint density at radius 2 is 2.31 bits per heavy atom. The summed E-state index contributed by atoms with van der Waals surface area (Å²) in [5.74, 6) is 0.623. The minimum Gasteiger partial charge on any atom is -0.384 e. The van der Waals surface area contributed by atoms with Crippen LogP contribution in [0.15, 0.2) is 18.3 Å². The van der Waals surface area contributed by atoms with Crippen LogP contribution >= 0.6 is 0 Å². The molecule has 3 nitrogen and oxygen atoms in total.